The van der Waals surface area contributed by atoms with Crippen molar-refractivity contribution in [2.24, 2.45) is 0 Å². The number of amides is 2. The van der Waals surface area contributed by atoms with Gasteiger partial charge >= 0.3 is 0 Å². The third-order valence-electron chi connectivity index (χ3n) is 3.11. The standard InChI is InChI=1S/C14H16ClN3O2S/c1-17(2)10(19)7-18(3)14(20)13-12(16)11-8(15)5-4-6-9(11)21-13/h4-6H,7,16H2,1-3H3. The number of hydrogen-bond acceptors (Lipinski definition) is 4. The molecule has 0 aliphatic heterocycles. The van der Waals surface area contributed by atoms with Crippen LogP contribution in [0.1, 0.15) is 9.67 Å². The van der Waals surface area contributed by atoms with Crippen LogP contribution in [0, 0.1) is 0 Å². The van der Waals surface area contributed by atoms with Crippen molar-refractivity contribution < 1.29 is 9.59 Å². The number of halogens is 1. The molecule has 1 heterocycles. The van der Waals surface area contributed by atoms with Crippen molar-refractivity contribution in [3.05, 3.63) is 28.1 Å². The molecule has 1 aromatic heterocycles. The number of carbonyl (C=O) groups excluding carboxylic acids is 2. The minimum Gasteiger partial charge on any atom is -0.397 e. The quantitative estimate of drug-likeness (QED) is 0.941. The van der Waals surface area contributed by atoms with E-state index in [2.05, 4.69) is 0 Å². The van der Waals surface area contributed by atoms with Crippen molar-refractivity contribution in [3.63, 3.8) is 0 Å². The molecule has 0 saturated heterocycles. The minimum absolute atomic E-state index is 0.00719. The van der Waals surface area contributed by atoms with Crippen LogP contribution in [0.4, 0.5) is 5.69 Å². The Balaban J connectivity index is 2.34. The van der Waals surface area contributed by atoms with Crippen LogP contribution in [0.25, 0.3) is 10.1 Å². The summed E-state index contributed by atoms with van der Waals surface area (Å²) in [6.45, 7) is 0.00719. The van der Waals surface area contributed by atoms with Crippen molar-refractivity contribution in [1.29, 1.82) is 0 Å². The fourth-order valence-electron chi connectivity index (χ4n) is 1.88. The monoisotopic (exact) mass is 325 g/mol. The van der Waals surface area contributed by atoms with Crippen molar-refractivity contribution in [3.8, 4) is 0 Å². The molecule has 0 fully saturated rings. The van der Waals surface area contributed by atoms with E-state index in [0.717, 1.165) is 4.70 Å². The van der Waals surface area contributed by atoms with E-state index >= 15 is 0 Å². The number of likely N-dealkylation sites (N-methyl/N-ethyl adjacent to an activating group) is 2. The van der Waals surface area contributed by atoms with E-state index in [4.69, 9.17) is 17.3 Å². The first kappa shape index (κ1) is 15.6. The first-order chi connectivity index (χ1) is 9.82. The van der Waals surface area contributed by atoms with Crippen LogP contribution >= 0.6 is 22.9 Å². The van der Waals surface area contributed by atoms with Gasteiger partial charge in [0.25, 0.3) is 5.91 Å². The zero-order valence-electron chi connectivity index (χ0n) is 12.0. The van der Waals surface area contributed by atoms with Gasteiger partial charge in [-0.3, -0.25) is 9.59 Å². The van der Waals surface area contributed by atoms with Crippen LogP contribution in [0.2, 0.25) is 5.02 Å². The summed E-state index contributed by atoms with van der Waals surface area (Å²) in [7, 11) is 4.87. The molecule has 2 aromatic rings. The van der Waals surface area contributed by atoms with E-state index in [1.807, 2.05) is 12.1 Å². The average Bonchev–Trinajstić information content (AvgIpc) is 2.76. The van der Waals surface area contributed by atoms with Gasteiger partial charge in [0, 0.05) is 31.2 Å². The van der Waals surface area contributed by atoms with Crippen LogP contribution in [0.15, 0.2) is 18.2 Å². The molecule has 1 aromatic carbocycles. The van der Waals surface area contributed by atoms with Crippen LogP contribution in [-0.4, -0.2) is 49.3 Å². The van der Waals surface area contributed by atoms with Crippen LogP contribution in [0.3, 0.4) is 0 Å². The second kappa shape index (κ2) is 5.91. The molecule has 0 bridgehead atoms. The van der Waals surface area contributed by atoms with Gasteiger partial charge < -0.3 is 15.5 Å². The summed E-state index contributed by atoms with van der Waals surface area (Å²) in [4.78, 5) is 27.3. The van der Waals surface area contributed by atoms with E-state index in [1.54, 1.807) is 27.2 Å². The lowest BCUT2D eigenvalue weighted by molar-refractivity contribution is -0.129. The lowest BCUT2D eigenvalue weighted by Gasteiger charge is -2.18. The number of hydrogen-bond donors (Lipinski definition) is 1. The summed E-state index contributed by atoms with van der Waals surface area (Å²) < 4.78 is 0.857. The summed E-state index contributed by atoms with van der Waals surface area (Å²) >= 11 is 7.41. The smallest absolute Gasteiger partial charge is 0.266 e. The van der Waals surface area contributed by atoms with Gasteiger partial charge in [-0.25, -0.2) is 0 Å². The predicted octanol–water partition coefficient (Wildman–Crippen LogP) is 2.30. The summed E-state index contributed by atoms with van der Waals surface area (Å²) in [5.41, 5.74) is 6.42. The molecule has 0 radical (unpaired) electrons. The van der Waals surface area contributed by atoms with Gasteiger partial charge in [0.2, 0.25) is 5.91 Å². The molecule has 2 rings (SSSR count). The molecular weight excluding hydrogens is 310 g/mol. The molecule has 0 atom stereocenters. The summed E-state index contributed by atoms with van der Waals surface area (Å²) in [5, 5.41) is 1.21. The fraction of sp³-hybridized carbons (Fsp3) is 0.286. The fourth-order valence-corrected chi connectivity index (χ4v) is 3.35. The first-order valence-electron chi connectivity index (χ1n) is 6.25. The van der Waals surface area contributed by atoms with E-state index in [9.17, 15) is 9.59 Å². The number of nitrogen functional groups attached to an aromatic ring is 1. The van der Waals surface area contributed by atoms with E-state index in [0.29, 0.717) is 21.0 Å². The third kappa shape index (κ3) is 2.96. The molecule has 2 amide bonds. The molecule has 0 aliphatic carbocycles. The zero-order chi connectivity index (χ0) is 15.7. The Bertz CT molecular complexity index is 712. The van der Waals surface area contributed by atoms with E-state index in [1.165, 1.54) is 21.1 Å². The maximum atomic E-state index is 12.4. The number of nitrogens with two attached hydrogens (primary N) is 1. The lowest BCUT2D eigenvalue weighted by Crippen LogP contribution is -2.37. The van der Waals surface area contributed by atoms with Gasteiger partial charge in [-0.1, -0.05) is 17.7 Å². The Morgan fingerprint density at radius 3 is 2.52 bits per heavy atom. The highest BCUT2D eigenvalue weighted by molar-refractivity contribution is 7.21. The molecule has 7 heteroatoms. The van der Waals surface area contributed by atoms with Gasteiger partial charge in [-0.2, -0.15) is 0 Å². The SMILES string of the molecule is CN(C)C(=O)CN(C)C(=O)c1sc2cccc(Cl)c2c1N. The summed E-state index contributed by atoms with van der Waals surface area (Å²) in [6, 6.07) is 5.42. The van der Waals surface area contributed by atoms with Gasteiger partial charge in [-0.05, 0) is 12.1 Å². The molecule has 0 unspecified atom stereocenters. The van der Waals surface area contributed by atoms with E-state index < -0.39 is 0 Å². The maximum Gasteiger partial charge on any atom is 0.266 e. The van der Waals surface area contributed by atoms with Gasteiger partial charge in [0.05, 0.1) is 17.3 Å². The number of carbonyl (C=O) groups is 2. The van der Waals surface area contributed by atoms with Crippen molar-refractivity contribution >= 4 is 50.5 Å². The second-order valence-corrected chi connectivity index (χ2v) is 6.37. The highest BCUT2D eigenvalue weighted by Gasteiger charge is 2.22. The van der Waals surface area contributed by atoms with Gasteiger partial charge in [-0.15, -0.1) is 11.3 Å². The maximum absolute atomic E-state index is 12.4. The van der Waals surface area contributed by atoms with Crippen molar-refractivity contribution in [2.45, 2.75) is 0 Å². The highest BCUT2D eigenvalue weighted by Crippen LogP contribution is 2.38. The normalized spacial score (nSPS) is 10.7. The van der Waals surface area contributed by atoms with Crippen LogP contribution < -0.4 is 5.73 Å². The Kier molecular flexibility index (Phi) is 4.39. The number of nitrogens with zero attached hydrogens (tertiary/aromatic N) is 2. The van der Waals surface area contributed by atoms with Gasteiger partial charge in [0.1, 0.15) is 4.88 Å². The number of fused-ring (bicyclic) bond motifs is 1. The van der Waals surface area contributed by atoms with Gasteiger partial charge in [0.15, 0.2) is 0 Å². The molecular formula is C14H16ClN3O2S. The first-order valence-corrected chi connectivity index (χ1v) is 7.44. The average molecular weight is 326 g/mol. The predicted molar refractivity (Wildman–Crippen MR) is 86.9 cm³/mol. The molecule has 0 saturated carbocycles. The number of thiophene rings is 1. The molecule has 0 aliphatic rings. The van der Waals surface area contributed by atoms with Crippen LogP contribution in [0.5, 0.6) is 0 Å². The van der Waals surface area contributed by atoms with Crippen molar-refractivity contribution in [1.82, 2.24) is 9.80 Å². The van der Waals surface area contributed by atoms with Crippen molar-refractivity contribution in [2.75, 3.05) is 33.4 Å². The molecule has 5 nitrogen and oxygen atoms in total. The summed E-state index contributed by atoms with van der Waals surface area (Å²) in [5.74, 6) is -0.427. The highest BCUT2D eigenvalue weighted by atomic mass is 35.5. The molecule has 0 spiro atoms. The second-order valence-electron chi connectivity index (χ2n) is 4.91. The Morgan fingerprint density at radius 1 is 1.29 bits per heavy atom. The zero-order valence-corrected chi connectivity index (χ0v) is 13.6. The summed E-state index contributed by atoms with van der Waals surface area (Å²) in [6.07, 6.45) is 0. The Morgan fingerprint density at radius 2 is 1.95 bits per heavy atom. The third-order valence-corrected chi connectivity index (χ3v) is 4.59. The molecule has 112 valence electrons. The largest absolute Gasteiger partial charge is 0.397 e. The molecule has 21 heavy (non-hydrogen) atoms. The minimum atomic E-state index is -0.278. The topological polar surface area (TPSA) is 66.6 Å². The lowest BCUT2D eigenvalue weighted by atomic mass is 10.2. The number of benzene rings is 1. The Labute approximate surface area is 131 Å². The van der Waals surface area contributed by atoms with Crippen LogP contribution in [-0.2, 0) is 4.79 Å². The number of anilines is 1. The van der Waals surface area contributed by atoms with E-state index in [-0.39, 0.29) is 18.4 Å². The molecule has 2 N–H and O–H groups in total. The Hall–Kier alpha value is -1.79. The number of rotatable bonds is 3.